The van der Waals surface area contributed by atoms with Gasteiger partial charge in [-0.1, -0.05) is 32.4 Å². The van der Waals surface area contributed by atoms with E-state index in [-0.39, 0.29) is 0 Å². The van der Waals surface area contributed by atoms with E-state index in [1.807, 2.05) is 0 Å². The second-order valence-corrected chi connectivity index (χ2v) is 4.69. The first-order valence-electron chi connectivity index (χ1n) is 6.23. The van der Waals surface area contributed by atoms with Crippen molar-refractivity contribution in [2.75, 3.05) is 19.8 Å². The molecule has 0 amide bonds. The molecule has 0 bridgehead atoms. The van der Waals surface area contributed by atoms with Crippen molar-refractivity contribution in [2.45, 2.75) is 46.1 Å². The molecule has 2 nitrogen and oxygen atoms in total. The highest BCUT2D eigenvalue weighted by Crippen LogP contribution is 2.17. The zero-order chi connectivity index (χ0) is 11.1. The van der Waals surface area contributed by atoms with Gasteiger partial charge in [-0.25, -0.2) is 0 Å². The molecule has 88 valence electrons. The van der Waals surface area contributed by atoms with Gasteiger partial charge in [0.05, 0.1) is 6.61 Å². The van der Waals surface area contributed by atoms with Crippen LogP contribution in [0, 0.1) is 5.92 Å². The van der Waals surface area contributed by atoms with Crippen LogP contribution in [0.4, 0.5) is 0 Å². The van der Waals surface area contributed by atoms with Crippen LogP contribution in [0.25, 0.3) is 0 Å². The number of hydrogen-bond acceptors (Lipinski definition) is 2. The van der Waals surface area contributed by atoms with Crippen molar-refractivity contribution in [2.24, 2.45) is 5.92 Å². The molecular weight excluding hydrogens is 186 g/mol. The standard InChI is InChI=1S/C13H25NO/c1-4-12(9-14-11(2)3)8-13-6-5-7-15-10-13/h8,11,13-14H,4-7,9-10H2,1-3H3/b12-8+. The third-order valence-corrected chi connectivity index (χ3v) is 2.86. The SMILES string of the molecule is CC/C(=C\C1CCCOC1)CNC(C)C. The first kappa shape index (κ1) is 12.7. The molecule has 2 heteroatoms. The van der Waals surface area contributed by atoms with E-state index < -0.39 is 0 Å². The number of rotatable bonds is 5. The highest BCUT2D eigenvalue weighted by Gasteiger charge is 2.11. The van der Waals surface area contributed by atoms with E-state index in [4.69, 9.17) is 4.74 Å². The predicted octanol–water partition coefficient (Wildman–Crippen LogP) is 2.75. The summed E-state index contributed by atoms with van der Waals surface area (Å²) in [5.74, 6) is 0.655. The minimum Gasteiger partial charge on any atom is -0.381 e. The average molecular weight is 211 g/mol. The van der Waals surface area contributed by atoms with E-state index in [1.54, 1.807) is 0 Å². The van der Waals surface area contributed by atoms with Crippen LogP contribution in [0.15, 0.2) is 11.6 Å². The van der Waals surface area contributed by atoms with Gasteiger partial charge in [0.1, 0.15) is 0 Å². The Morgan fingerprint density at radius 1 is 1.53 bits per heavy atom. The normalized spacial score (nSPS) is 23.5. The van der Waals surface area contributed by atoms with E-state index in [0.29, 0.717) is 12.0 Å². The molecule has 1 aliphatic rings. The molecule has 0 spiro atoms. The smallest absolute Gasteiger partial charge is 0.0528 e. The van der Waals surface area contributed by atoms with Crippen molar-refractivity contribution in [3.05, 3.63) is 11.6 Å². The summed E-state index contributed by atoms with van der Waals surface area (Å²) in [6.07, 6.45) is 6.09. The van der Waals surface area contributed by atoms with Crippen molar-refractivity contribution in [1.82, 2.24) is 5.32 Å². The lowest BCUT2D eigenvalue weighted by molar-refractivity contribution is 0.0707. The molecule has 1 rings (SSSR count). The van der Waals surface area contributed by atoms with Gasteiger partial charge in [0.2, 0.25) is 0 Å². The predicted molar refractivity (Wildman–Crippen MR) is 65.1 cm³/mol. The minimum absolute atomic E-state index is 0.572. The van der Waals surface area contributed by atoms with Gasteiger partial charge in [0, 0.05) is 25.1 Å². The van der Waals surface area contributed by atoms with Crippen LogP contribution >= 0.6 is 0 Å². The molecule has 1 heterocycles. The Morgan fingerprint density at radius 2 is 2.33 bits per heavy atom. The Morgan fingerprint density at radius 3 is 2.87 bits per heavy atom. The zero-order valence-corrected chi connectivity index (χ0v) is 10.4. The molecule has 0 radical (unpaired) electrons. The second-order valence-electron chi connectivity index (χ2n) is 4.69. The van der Waals surface area contributed by atoms with Crippen molar-refractivity contribution in [1.29, 1.82) is 0 Å². The van der Waals surface area contributed by atoms with Crippen LogP contribution in [0.5, 0.6) is 0 Å². The molecule has 0 aromatic rings. The molecule has 0 aromatic heterocycles. The van der Waals surface area contributed by atoms with Gasteiger partial charge in [0.25, 0.3) is 0 Å². The third kappa shape index (κ3) is 5.33. The molecule has 1 saturated heterocycles. The topological polar surface area (TPSA) is 21.3 Å². The molecule has 1 N–H and O–H groups in total. The fourth-order valence-corrected chi connectivity index (χ4v) is 1.87. The van der Waals surface area contributed by atoms with Crippen LogP contribution in [0.2, 0.25) is 0 Å². The molecule has 0 saturated carbocycles. The molecule has 15 heavy (non-hydrogen) atoms. The van der Waals surface area contributed by atoms with Gasteiger partial charge in [-0.3, -0.25) is 0 Å². The fraction of sp³-hybridized carbons (Fsp3) is 0.846. The molecule has 0 aromatic carbocycles. The maximum absolute atomic E-state index is 5.49. The lowest BCUT2D eigenvalue weighted by Gasteiger charge is -2.20. The maximum Gasteiger partial charge on any atom is 0.0528 e. The van der Waals surface area contributed by atoms with Crippen LogP contribution in [-0.2, 0) is 4.74 Å². The van der Waals surface area contributed by atoms with Gasteiger partial charge < -0.3 is 10.1 Å². The Bertz CT molecular complexity index is 193. The fourth-order valence-electron chi connectivity index (χ4n) is 1.87. The van der Waals surface area contributed by atoms with Crippen molar-refractivity contribution >= 4 is 0 Å². The summed E-state index contributed by atoms with van der Waals surface area (Å²) in [4.78, 5) is 0. The van der Waals surface area contributed by atoms with Gasteiger partial charge in [0.15, 0.2) is 0 Å². The highest BCUT2D eigenvalue weighted by molar-refractivity contribution is 5.06. The van der Waals surface area contributed by atoms with Crippen molar-refractivity contribution in [3.8, 4) is 0 Å². The average Bonchev–Trinajstić information content (AvgIpc) is 2.25. The first-order chi connectivity index (χ1) is 7.22. The van der Waals surface area contributed by atoms with Crippen LogP contribution in [-0.4, -0.2) is 25.8 Å². The van der Waals surface area contributed by atoms with Crippen molar-refractivity contribution < 1.29 is 4.74 Å². The van der Waals surface area contributed by atoms with Gasteiger partial charge in [-0.2, -0.15) is 0 Å². The molecule has 0 aliphatic carbocycles. The van der Waals surface area contributed by atoms with E-state index in [1.165, 1.54) is 18.4 Å². The highest BCUT2D eigenvalue weighted by atomic mass is 16.5. The van der Waals surface area contributed by atoms with Crippen molar-refractivity contribution in [3.63, 3.8) is 0 Å². The molecule has 1 aliphatic heterocycles. The quantitative estimate of drug-likeness (QED) is 0.706. The Balaban J connectivity index is 2.37. The van der Waals surface area contributed by atoms with Gasteiger partial charge >= 0.3 is 0 Å². The number of nitrogens with one attached hydrogen (secondary N) is 1. The summed E-state index contributed by atoms with van der Waals surface area (Å²) in [5, 5.41) is 3.48. The first-order valence-corrected chi connectivity index (χ1v) is 6.23. The van der Waals surface area contributed by atoms with E-state index >= 15 is 0 Å². The lowest BCUT2D eigenvalue weighted by atomic mass is 9.98. The summed E-state index contributed by atoms with van der Waals surface area (Å²) in [5.41, 5.74) is 1.53. The molecular formula is C13H25NO. The minimum atomic E-state index is 0.572. The maximum atomic E-state index is 5.49. The largest absolute Gasteiger partial charge is 0.381 e. The Kier molecular flexibility index (Phi) is 5.96. The molecule has 1 fully saturated rings. The van der Waals surface area contributed by atoms with Gasteiger partial charge in [-0.05, 0) is 19.3 Å². The Hall–Kier alpha value is -0.340. The third-order valence-electron chi connectivity index (χ3n) is 2.86. The Labute approximate surface area is 94.1 Å². The van der Waals surface area contributed by atoms with Gasteiger partial charge in [-0.15, -0.1) is 0 Å². The summed E-state index contributed by atoms with van der Waals surface area (Å²) in [7, 11) is 0. The summed E-state index contributed by atoms with van der Waals surface area (Å²) < 4.78 is 5.49. The van der Waals surface area contributed by atoms with E-state index in [2.05, 4.69) is 32.2 Å². The van der Waals surface area contributed by atoms with Crippen LogP contribution in [0.3, 0.4) is 0 Å². The van der Waals surface area contributed by atoms with Crippen LogP contribution < -0.4 is 5.32 Å². The summed E-state index contributed by atoms with van der Waals surface area (Å²) >= 11 is 0. The number of hydrogen-bond donors (Lipinski definition) is 1. The molecule has 1 atom stereocenters. The monoisotopic (exact) mass is 211 g/mol. The summed E-state index contributed by atoms with van der Waals surface area (Å²) in [6, 6.07) is 0.572. The zero-order valence-electron chi connectivity index (χ0n) is 10.4. The lowest BCUT2D eigenvalue weighted by Crippen LogP contribution is -2.25. The van der Waals surface area contributed by atoms with Crippen LogP contribution in [0.1, 0.15) is 40.0 Å². The second kappa shape index (κ2) is 7.02. The van der Waals surface area contributed by atoms with E-state index in [9.17, 15) is 0 Å². The number of ether oxygens (including phenoxy) is 1. The molecule has 1 unspecified atom stereocenters. The van der Waals surface area contributed by atoms with E-state index in [0.717, 1.165) is 26.2 Å². The summed E-state index contributed by atoms with van der Waals surface area (Å²) in [6.45, 7) is 9.53.